The minimum absolute atomic E-state index is 0.121. The Labute approximate surface area is 109 Å². The molecule has 2 atom stereocenters. The predicted octanol–water partition coefficient (Wildman–Crippen LogP) is 3.53. The molecular weight excluding hydrogens is 264 g/mol. The molecule has 0 aromatic carbocycles. The van der Waals surface area contributed by atoms with E-state index in [9.17, 15) is 0 Å². The van der Waals surface area contributed by atoms with Crippen LogP contribution in [0.4, 0.5) is 0 Å². The van der Waals surface area contributed by atoms with Crippen LogP contribution in [0, 0.1) is 28.6 Å². The van der Waals surface area contributed by atoms with Crippen molar-refractivity contribution in [3.63, 3.8) is 0 Å². The molecule has 0 aromatic rings. The van der Waals surface area contributed by atoms with E-state index in [1.165, 1.54) is 0 Å². The lowest BCUT2D eigenvalue weighted by Gasteiger charge is -2.34. The Kier molecular flexibility index (Phi) is 7.26. The van der Waals surface area contributed by atoms with E-state index in [-0.39, 0.29) is 5.92 Å². The van der Waals surface area contributed by atoms with Crippen molar-refractivity contribution < 1.29 is 0 Å². The van der Waals surface area contributed by atoms with Gasteiger partial charge in [-0.15, -0.1) is 0 Å². The molecule has 0 fully saturated rings. The number of nitriles is 1. The molecule has 2 nitrogen and oxygen atoms in total. The van der Waals surface area contributed by atoms with Crippen LogP contribution in [-0.2, 0) is 0 Å². The quantitative estimate of drug-likeness (QED) is 0.699. The van der Waals surface area contributed by atoms with Gasteiger partial charge in [0.1, 0.15) is 0 Å². The van der Waals surface area contributed by atoms with Gasteiger partial charge in [0, 0.05) is 18.4 Å². The van der Waals surface area contributed by atoms with E-state index >= 15 is 0 Å². The fourth-order valence-electron chi connectivity index (χ4n) is 1.63. The van der Waals surface area contributed by atoms with Crippen LogP contribution in [0.15, 0.2) is 0 Å². The molecule has 0 saturated carbocycles. The molecule has 0 N–H and O–H groups in total. The molecule has 0 amide bonds. The molecule has 0 aromatic heterocycles. The summed E-state index contributed by atoms with van der Waals surface area (Å²) in [5.41, 5.74) is 0.312. The smallest absolute Gasteiger partial charge is 0.0666 e. The van der Waals surface area contributed by atoms with E-state index in [1.54, 1.807) is 0 Å². The van der Waals surface area contributed by atoms with Crippen LogP contribution in [0.1, 0.15) is 34.6 Å². The van der Waals surface area contributed by atoms with Gasteiger partial charge in [0.25, 0.3) is 0 Å². The fraction of sp³-hybridized carbons (Fsp3) is 0.923. The van der Waals surface area contributed by atoms with Crippen LogP contribution >= 0.6 is 15.9 Å². The summed E-state index contributed by atoms with van der Waals surface area (Å²) in [6, 6.07) is 2.31. The van der Waals surface area contributed by atoms with Gasteiger partial charge in [-0.3, -0.25) is 0 Å². The number of hydrogen-bond donors (Lipinski definition) is 0. The van der Waals surface area contributed by atoms with Crippen molar-refractivity contribution in [2.45, 2.75) is 34.6 Å². The van der Waals surface area contributed by atoms with Gasteiger partial charge in [-0.25, -0.2) is 0 Å². The minimum atomic E-state index is 0.121. The highest BCUT2D eigenvalue weighted by Gasteiger charge is 2.25. The SMILES string of the molecule is CCN(CC(C)C#N)CC(CBr)C(C)(C)C. The van der Waals surface area contributed by atoms with Gasteiger partial charge in [-0.05, 0) is 24.8 Å². The van der Waals surface area contributed by atoms with E-state index in [0.29, 0.717) is 11.3 Å². The third kappa shape index (κ3) is 5.86. The molecule has 94 valence electrons. The maximum Gasteiger partial charge on any atom is 0.0666 e. The lowest BCUT2D eigenvalue weighted by atomic mass is 9.81. The van der Waals surface area contributed by atoms with Crippen LogP contribution < -0.4 is 0 Å². The van der Waals surface area contributed by atoms with E-state index in [0.717, 1.165) is 25.0 Å². The summed E-state index contributed by atoms with van der Waals surface area (Å²) in [6.07, 6.45) is 0. The first-order valence-corrected chi connectivity index (χ1v) is 7.15. The molecule has 0 bridgehead atoms. The first-order chi connectivity index (χ1) is 7.35. The summed E-state index contributed by atoms with van der Waals surface area (Å²) in [6.45, 7) is 14.0. The zero-order valence-corrected chi connectivity index (χ0v) is 12.8. The van der Waals surface area contributed by atoms with Crippen molar-refractivity contribution in [3.8, 4) is 6.07 Å². The molecule has 3 heteroatoms. The van der Waals surface area contributed by atoms with Crippen molar-refractivity contribution in [2.75, 3.05) is 25.0 Å². The van der Waals surface area contributed by atoms with Crippen molar-refractivity contribution in [1.29, 1.82) is 5.26 Å². The van der Waals surface area contributed by atoms with Gasteiger partial charge in [0.05, 0.1) is 12.0 Å². The fourth-order valence-corrected chi connectivity index (χ4v) is 2.80. The van der Waals surface area contributed by atoms with Gasteiger partial charge in [-0.1, -0.05) is 43.6 Å². The minimum Gasteiger partial charge on any atom is -0.302 e. The molecule has 2 unspecified atom stereocenters. The van der Waals surface area contributed by atoms with E-state index in [2.05, 4.69) is 54.6 Å². The number of rotatable bonds is 6. The Hall–Kier alpha value is -0.0700. The molecule has 0 aliphatic rings. The number of alkyl halides is 1. The number of nitrogens with zero attached hydrogens (tertiary/aromatic N) is 2. The molecule has 0 saturated heterocycles. The van der Waals surface area contributed by atoms with Crippen LogP contribution in [0.5, 0.6) is 0 Å². The van der Waals surface area contributed by atoms with Crippen LogP contribution in [-0.4, -0.2) is 29.9 Å². The molecule has 16 heavy (non-hydrogen) atoms. The van der Waals surface area contributed by atoms with Crippen molar-refractivity contribution in [2.24, 2.45) is 17.3 Å². The second-order valence-electron chi connectivity index (χ2n) is 5.60. The zero-order valence-electron chi connectivity index (χ0n) is 11.3. The third-order valence-electron chi connectivity index (χ3n) is 3.09. The van der Waals surface area contributed by atoms with Crippen molar-refractivity contribution in [3.05, 3.63) is 0 Å². The van der Waals surface area contributed by atoms with Gasteiger partial charge in [0.15, 0.2) is 0 Å². The van der Waals surface area contributed by atoms with Crippen molar-refractivity contribution in [1.82, 2.24) is 4.90 Å². The van der Waals surface area contributed by atoms with E-state index in [4.69, 9.17) is 5.26 Å². The Balaban J connectivity index is 4.35. The zero-order chi connectivity index (χ0) is 12.8. The number of hydrogen-bond acceptors (Lipinski definition) is 2. The largest absolute Gasteiger partial charge is 0.302 e. The highest BCUT2D eigenvalue weighted by molar-refractivity contribution is 9.09. The summed E-state index contributed by atoms with van der Waals surface area (Å²) in [4.78, 5) is 2.38. The molecule has 0 spiro atoms. The third-order valence-corrected chi connectivity index (χ3v) is 3.87. The van der Waals surface area contributed by atoms with Gasteiger partial charge in [-0.2, -0.15) is 5.26 Å². The molecular formula is C13H25BrN2. The molecule has 0 rings (SSSR count). The van der Waals surface area contributed by atoms with Crippen LogP contribution in [0.3, 0.4) is 0 Å². The maximum absolute atomic E-state index is 8.84. The average molecular weight is 289 g/mol. The monoisotopic (exact) mass is 288 g/mol. The normalized spacial score (nSPS) is 15.9. The molecule has 0 radical (unpaired) electrons. The number of halogens is 1. The van der Waals surface area contributed by atoms with Crippen molar-refractivity contribution >= 4 is 15.9 Å². The molecule has 0 aliphatic carbocycles. The summed E-state index contributed by atoms with van der Waals surface area (Å²) in [5.74, 6) is 0.745. The van der Waals surface area contributed by atoms with E-state index in [1.807, 2.05) is 6.92 Å². The molecule has 0 heterocycles. The Bertz CT molecular complexity index is 227. The second kappa shape index (κ2) is 7.29. The maximum atomic E-state index is 8.84. The van der Waals surface area contributed by atoms with Gasteiger partial charge < -0.3 is 4.90 Å². The lowest BCUT2D eigenvalue weighted by molar-refractivity contribution is 0.163. The topological polar surface area (TPSA) is 27.0 Å². The summed E-state index contributed by atoms with van der Waals surface area (Å²) in [7, 11) is 0. The lowest BCUT2D eigenvalue weighted by Crippen LogP contribution is -2.38. The molecule has 0 aliphatic heterocycles. The Morgan fingerprint density at radius 2 is 1.88 bits per heavy atom. The van der Waals surface area contributed by atoms with Gasteiger partial charge >= 0.3 is 0 Å². The summed E-state index contributed by atoms with van der Waals surface area (Å²) < 4.78 is 0. The van der Waals surface area contributed by atoms with Crippen LogP contribution in [0.2, 0.25) is 0 Å². The second-order valence-corrected chi connectivity index (χ2v) is 6.25. The Morgan fingerprint density at radius 3 is 2.19 bits per heavy atom. The first kappa shape index (κ1) is 15.9. The highest BCUT2D eigenvalue weighted by Crippen LogP contribution is 2.28. The highest BCUT2D eigenvalue weighted by atomic mass is 79.9. The average Bonchev–Trinajstić information content (AvgIpc) is 2.21. The Morgan fingerprint density at radius 1 is 1.31 bits per heavy atom. The van der Waals surface area contributed by atoms with Crippen LogP contribution in [0.25, 0.3) is 0 Å². The summed E-state index contributed by atoms with van der Waals surface area (Å²) >= 11 is 3.60. The van der Waals surface area contributed by atoms with E-state index < -0.39 is 0 Å². The summed E-state index contributed by atoms with van der Waals surface area (Å²) in [5, 5.41) is 9.87. The standard InChI is InChI=1S/C13H25BrN2/c1-6-16(9-11(2)8-15)10-12(7-14)13(3,4)5/h11-12H,6-7,9-10H2,1-5H3. The van der Waals surface area contributed by atoms with Gasteiger partial charge in [0.2, 0.25) is 0 Å². The predicted molar refractivity (Wildman–Crippen MR) is 73.6 cm³/mol. The first-order valence-electron chi connectivity index (χ1n) is 6.03.